The minimum Gasteiger partial charge on any atom is -0.143 e. The predicted octanol–water partition coefficient (Wildman–Crippen LogP) is 4.58. The van der Waals surface area contributed by atoms with E-state index in [4.69, 9.17) is 0 Å². The van der Waals surface area contributed by atoms with Crippen molar-refractivity contribution in [3.63, 3.8) is 0 Å². The third kappa shape index (κ3) is 1.61. The first-order valence-corrected chi connectivity index (χ1v) is 8.38. The summed E-state index contributed by atoms with van der Waals surface area (Å²) in [6.07, 6.45) is 2.86. The number of fused-ring (bicyclic) bond motifs is 1. The molecule has 2 unspecified atom stereocenters. The monoisotopic (exact) mass is 248 g/mol. The Balaban J connectivity index is 2.11. The Labute approximate surface area is 102 Å². The molecule has 16 heavy (non-hydrogen) atoms. The van der Waals surface area contributed by atoms with Crippen LogP contribution in [0, 0.1) is 0 Å². The fourth-order valence-electron chi connectivity index (χ4n) is 2.83. The third-order valence-corrected chi connectivity index (χ3v) is 8.17. The quantitative estimate of drug-likeness (QED) is 0.648. The van der Waals surface area contributed by atoms with Crippen LogP contribution in [0.4, 0.5) is 0 Å². The zero-order valence-corrected chi connectivity index (χ0v) is 11.5. The summed E-state index contributed by atoms with van der Waals surface area (Å²) < 4.78 is 1.46. The summed E-state index contributed by atoms with van der Waals surface area (Å²) >= 11 is 1.92. The lowest BCUT2D eigenvalue weighted by molar-refractivity contribution is 0.777. The molecule has 0 amide bonds. The molecule has 0 aliphatic carbocycles. The first-order valence-electron chi connectivity index (χ1n) is 6.02. The average Bonchev–Trinajstić information content (AvgIpc) is 2.83. The van der Waals surface area contributed by atoms with E-state index >= 15 is 0 Å². The van der Waals surface area contributed by atoms with Crippen LogP contribution in [-0.4, -0.2) is 11.3 Å². The van der Waals surface area contributed by atoms with Crippen LogP contribution in [0.2, 0.25) is 0 Å². The Morgan fingerprint density at radius 3 is 2.56 bits per heavy atom. The molecule has 0 bridgehead atoms. The van der Waals surface area contributed by atoms with Crippen molar-refractivity contribution >= 4 is 34.6 Å². The molecule has 0 nitrogen and oxygen atoms in total. The van der Waals surface area contributed by atoms with Gasteiger partial charge in [0.15, 0.2) is 0 Å². The van der Waals surface area contributed by atoms with Crippen molar-refractivity contribution in [1.29, 1.82) is 0 Å². The maximum Gasteiger partial charge on any atom is 0.0349 e. The van der Waals surface area contributed by atoms with Crippen LogP contribution in [0.15, 0.2) is 29.6 Å². The zero-order valence-electron chi connectivity index (χ0n) is 9.81. The largest absolute Gasteiger partial charge is 0.143 e. The van der Waals surface area contributed by atoms with Gasteiger partial charge in [-0.2, -0.15) is 0 Å². The molecule has 2 atom stereocenters. The van der Waals surface area contributed by atoms with Crippen LogP contribution >= 0.6 is 19.3 Å². The zero-order chi connectivity index (χ0) is 11.1. The van der Waals surface area contributed by atoms with Gasteiger partial charge in [0, 0.05) is 10.1 Å². The Kier molecular flexibility index (Phi) is 2.77. The maximum absolute atomic E-state index is 2.45. The molecule has 0 N–H and O–H groups in total. The van der Waals surface area contributed by atoms with E-state index in [1.54, 1.807) is 5.30 Å². The second-order valence-corrected chi connectivity index (χ2v) is 8.77. The molecule has 1 saturated heterocycles. The van der Waals surface area contributed by atoms with Crippen LogP contribution < -0.4 is 5.30 Å². The van der Waals surface area contributed by atoms with Crippen LogP contribution in [0.5, 0.6) is 0 Å². The lowest BCUT2D eigenvalue weighted by Crippen LogP contribution is -2.09. The lowest BCUT2D eigenvalue weighted by atomic mass is 10.2. The Morgan fingerprint density at radius 2 is 1.81 bits per heavy atom. The van der Waals surface area contributed by atoms with E-state index in [2.05, 4.69) is 43.5 Å². The molecule has 1 aromatic carbocycles. The molecule has 1 aliphatic heterocycles. The lowest BCUT2D eigenvalue weighted by Gasteiger charge is -2.20. The fourth-order valence-corrected chi connectivity index (χ4v) is 7.53. The van der Waals surface area contributed by atoms with E-state index in [1.165, 1.54) is 22.9 Å². The second-order valence-electron chi connectivity index (χ2n) is 4.80. The number of hydrogen-bond donors (Lipinski definition) is 0. The molecule has 0 radical (unpaired) electrons. The van der Waals surface area contributed by atoms with Crippen LogP contribution in [0.25, 0.3) is 10.1 Å². The fraction of sp³-hybridized carbons (Fsp3) is 0.429. The van der Waals surface area contributed by atoms with Crippen molar-refractivity contribution in [2.45, 2.75) is 38.0 Å². The summed E-state index contributed by atoms with van der Waals surface area (Å²) in [7, 11) is 0.0850. The average molecular weight is 248 g/mol. The third-order valence-electron chi connectivity index (χ3n) is 3.69. The molecule has 1 aliphatic rings. The van der Waals surface area contributed by atoms with E-state index in [0.717, 1.165) is 11.3 Å². The van der Waals surface area contributed by atoms with Crippen LogP contribution in [0.1, 0.15) is 26.7 Å². The van der Waals surface area contributed by atoms with Crippen LogP contribution in [0.3, 0.4) is 0 Å². The molecule has 2 heteroatoms. The number of thiophene rings is 1. The highest BCUT2D eigenvalue weighted by Gasteiger charge is 2.32. The van der Waals surface area contributed by atoms with Crippen molar-refractivity contribution in [2.75, 3.05) is 0 Å². The predicted molar refractivity (Wildman–Crippen MR) is 76.5 cm³/mol. The molecule has 3 rings (SSSR count). The Hall–Kier alpha value is -0.390. The minimum atomic E-state index is 0.0850. The summed E-state index contributed by atoms with van der Waals surface area (Å²) in [5.74, 6) is 0. The SMILES string of the molecule is CC1CCC(C)P1c1csc2ccccc12. The van der Waals surface area contributed by atoms with Gasteiger partial charge in [0.25, 0.3) is 0 Å². The van der Waals surface area contributed by atoms with Gasteiger partial charge >= 0.3 is 0 Å². The smallest absolute Gasteiger partial charge is 0.0349 e. The molecular formula is C14H17PS. The summed E-state index contributed by atoms with van der Waals surface area (Å²) in [6.45, 7) is 4.89. The molecule has 1 fully saturated rings. The number of benzene rings is 1. The summed E-state index contributed by atoms with van der Waals surface area (Å²) in [5, 5.41) is 5.63. The van der Waals surface area contributed by atoms with Gasteiger partial charge in [0.05, 0.1) is 0 Å². The van der Waals surface area contributed by atoms with Crippen molar-refractivity contribution < 1.29 is 0 Å². The van der Waals surface area contributed by atoms with E-state index in [9.17, 15) is 0 Å². The molecule has 0 saturated carbocycles. The van der Waals surface area contributed by atoms with Crippen molar-refractivity contribution in [3.8, 4) is 0 Å². The minimum absolute atomic E-state index is 0.0850. The van der Waals surface area contributed by atoms with Gasteiger partial charge in [0.1, 0.15) is 0 Å². The van der Waals surface area contributed by atoms with Gasteiger partial charge in [0.2, 0.25) is 0 Å². The van der Waals surface area contributed by atoms with E-state index < -0.39 is 0 Å². The highest BCUT2D eigenvalue weighted by Crippen LogP contribution is 2.55. The van der Waals surface area contributed by atoms with Crippen molar-refractivity contribution in [3.05, 3.63) is 29.6 Å². The molecule has 2 aromatic rings. The van der Waals surface area contributed by atoms with Gasteiger partial charge in [-0.15, -0.1) is 11.3 Å². The second kappa shape index (κ2) is 4.13. The van der Waals surface area contributed by atoms with Gasteiger partial charge in [-0.1, -0.05) is 40.0 Å². The van der Waals surface area contributed by atoms with E-state index in [-0.39, 0.29) is 7.92 Å². The standard InChI is InChI=1S/C14H17PS/c1-10-7-8-11(2)15(10)13-9-16-14-6-4-3-5-12(13)14/h3-6,9-11H,7-8H2,1-2H3. The Bertz CT molecular complexity index is 492. The van der Waals surface area contributed by atoms with Gasteiger partial charge in [-0.05, 0) is 40.9 Å². The first-order chi connectivity index (χ1) is 7.77. The molecule has 2 heterocycles. The highest BCUT2D eigenvalue weighted by atomic mass is 32.1. The van der Waals surface area contributed by atoms with Crippen molar-refractivity contribution in [2.24, 2.45) is 0 Å². The number of rotatable bonds is 1. The van der Waals surface area contributed by atoms with Gasteiger partial charge in [-0.3, -0.25) is 0 Å². The van der Waals surface area contributed by atoms with E-state index in [1.807, 2.05) is 11.3 Å². The summed E-state index contributed by atoms with van der Waals surface area (Å²) in [5.41, 5.74) is 1.84. The van der Waals surface area contributed by atoms with Gasteiger partial charge < -0.3 is 0 Å². The first kappa shape index (κ1) is 10.7. The summed E-state index contributed by atoms with van der Waals surface area (Å²) in [4.78, 5) is 0. The Morgan fingerprint density at radius 1 is 1.12 bits per heavy atom. The normalized spacial score (nSPS) is 30.0. The van der Waals surface area contributed by atoms with Gasteiger partial charge in [-0.25, -0.2) is 0 Å². The molecular weight excluding hydrogens is 231 g/mol. The molecule has 0 spiro atoms. The van der Waals surface area contributed by atoms with Crippen LogP contribution in [-0.2, 0) is 0 Å². The summed E-state index contributed by atoms with van der Waals surface area (Å²) in [6, 6.07) is 8.89. The van der Waals surface area contributed by atoms with E-state index in [0.29, 0.717) is 0 Å². The highest BCUT2D eigenvalue weighted by molar-refractivity contribution is 7.68. The molecule has 84 valence electrons. The topological polar surface area (TPSA) is 0 Å². The maximum atomic E-state index is 2.45. The van der Waals surface area contributed by atoms with Crippen molar-refractivity contribution in [1.82, 2.24) is 0 Å². The molecule has 1 aromatic heterocycles. The number of hydrogen-bond acceptors (Lipinski definition) is 1.